The number of nitrogens with zero attached hydrogens (tertiary/aromatic N) is 1. The third-order valence-electron chi connectivity index (χ3n) is 7.59. The van der Waals surface area contributed by atoms with E-state index in [1.165, 1.54) is 23.5 Å². The number of hydrogen-bond donors (Lipinski definition) is 4. The third kappa shape index (κ3) is 6.19. The van der Waals surface area contributed by atoms with Crippen molar-refractivity contribution < 1.29 is 22.7 Å². The number of amides is 2. The van der Waals surface area contributed by atoms with E-state index in [0.29, 0.717) is 37.2 Å². The van der Waals surface area contributed by atoms with Gasteiger partial charge in [-0.1, -0.05) is 37.8 Å². The molecule has 2 heterocycles. The van der Waals surface area contributed by atoms with Crippen LogP contribution in [0.5, 0.6) is 0 Å². The molecule has 5 N–H and O–H groups in total. The number of nitrogens with two attached hydrogens (primary N) is 1. The lowest BCUT2D eigenvalue weighted by Crippen LogP contribution is -2.57. The molecule has 12 heteroatoms. The highest BCUT2D eigenvalue weighted by Gasteiger charge is 2.43. The number of hydrogen-bond acceptors (Lipinski definition) is 7. The normalized spacial score (nSPS) is 18.8. The van der Waals surface area contributed by atoms with Gasteiger partial charge in [-0.05, 0) is 55.9 Å². The number of ether oxygens (including phenoxy) is 1. The van der Waals surface area contributed by atoms with Crippen LogP contribution in [0, 0.1) is 11.3 Å². The lowest BCUT2D eigenvalue weighted by molar-refractivity contribution is 0.0606. The zero-order valence-electron chi connectivity index (χ0n) is 21.5. The summed E-state index contributed by atoms with van der Waals surface area (Å²) in [5, 5.41) is 13.8. The minimum atomic E-state index is -3.72. The van der Waals surface area contributed by atoms with Crippen molar-refractivity contribution in [2.45, 2.75) is 61.1 Å². The summed E-state index contributed by atoms with van der Waals surface area (Å²) in [6, 6.07) is 9.50. The van der Waals surface area contributed by atoms with Crippen LogP contribution >= 0.6 is 11.3 Å². The van der Waals surface area contributed by atoms with Gasteiger partial charge >= 0.3 is 12.0 Å². The predicted molar refractivity (Wildman–Crippen MR) is 147 cm³/mol. The average Bonchev–Trinajstić information content (AvgIpc) is 3.30. The molecule has 2 fully saturated rings. The van der Waals surface area contributed by atoms with Crippen molar-refractivity contribution in [1.82, 2.24) is 9.62 Å². The molecule has 2 aliphatic rings. The number of anilines is 1. The Morgan fingerprint density at radius 1 is 1.11 bits per heavy atom. The Morgan fingerprint density at radius 2 is 1.79 bits per heavy atom. The zero-order valence-corrected chi connectivity index (χ0v) is 23.1. The number of nitrogens with one attached hydrogen (secondary N) is 3. The van der Waals surface area contributed by atoms with Gasteiger partial charge in [0.25, 0.3) is 10.0 Å². The second kappa shape index (κ2) is 11.8. The Morgan fingerprint density at radius 3 is 2.42 bits per heavy atom. The van der Waals surface area contributed by atoms with Gasteiger partial charge in [0.05, 0.1) is 7.11 Å². The van der Waals surface area contributed by atoms with Crippen LogP contribution in [0.3, 0.4) is 0 Å². The van der Waals surface area contributed by atoms with E-state index in [9.17, 15) is 18.0 Å². The Kier molecular flexibility index (Phi) is 8.74. The number of thiophene rings is 1. The number of benzene rings is 1. The molecule has 1 aliphatic heterocycles. The molecular weight excluding hydrogens is 526 g/mol. The van der Waals surface area contributed by atoms with E-state index in [1.54, 1.807) is 24.3 Å². The van der Waals surface area contributed by atoms with Gasteiger partial charge in [0.15, 0.2) is 0 Å². The molecule has 1 saturated heterocycles. The molecule has 0 spiro atoms. The molecule has 38 heavy (non-hydrogen) atoms. The van der Waals surface area contributed by atoms with Crippen LogP contribution < -0.4 is 16.4 Å². The minimum absolute atomic E-state index is 0.0694. The maximum atomic E-state index is 13.3. The van der Waals surface area contributed by atoms with Crippen LogP contribution in [0.2, 0.25) is 0 Å². The lowest BCUT2D eigenvalue weighted by Gasteiger charge is -2.45. The molecule has 2 aromatic rings. The number of nitrogen functional groups attached to an aromatic ring is 1. The molecule has 0 bridgehead atoms. The molecule has 1 aromatic heterocycles. The Balaban J connectivity index is 1.46. The fraction of sp³-hybridized carbons (Fsp3) is 0.500. The number of urea groups is 1. The number of carbonyl (C=O) groups is 2. The fourth-order valence-electron chi connectivity index (χ4n) is 5.59. The van der Waals surface area contributed by atoms with Gasteiger partial charge in [0, 0.05) is 29.9 Å². The third-order valence-corrected chi connectivity index (χ3v) is 11.0. The van der Waals surface area contributed by atoms with Crippen LogP contribution in [-0.4, -0.2) is 56.3 Å². The monoisotopic (exact) mass is 561 g/mol. The largest absolute Gasteiger partial charge is 0.465 e. The van der Waals surface area contributed by atoms with E-state index in [0.717, 1.165) is 49.9 Å². The molecule has 0 atom stereocenters. The topological polar surface area (TPSA) is 155 Å². The smallest absolute Gasteiger partial charge is 0.348 e. The van der Waals surface area contributed by atoms with E-state index < -0.39 is 21.5 Å². The molecule has 10 nitrogen and oxygen atoms in total. The molecule has 1 aromatic carbocycles. The summed E-state index contributed by atoms with van der Waals surface area (Å²) in [6.45, 7) is 0.703. The van der Waals surface area contributed by atoms with Crippen LogP contribution in [-0.2, 0) is 14.8 Å². The first-order valence-electron chi connectivity index (χ1n) is 12.9. The average molecular weight is 562 g/mol. The molecule has 0 radical (unpaired) electrons. The summed E-state index contributed by atoms with van der Waals surface area (Å²) in [5.41, 5.74) is 6.26. The first-order valence-corrected chi connectivity index (χ1v) is 15.1. The SMILES string of the molecule is COC(=O)c1ccc(S(=O)(=O)N2CCC(C3(NC(=O)Nc4cccc(C(=N)N)c4)CCCCCC3)CC2)s1. The highest BCUT2D eigenvalue weighted by molar-refractivity contribution is 7.91. The second-order valence-electron chi connectivity index (χ2n) is 9.93. The fourth-order valence-corrected chi connectivity index (χ4v) is 8.44. The maximum Gasteiger partial charge on any atom is 0.348 e. The van der Waals surface area contributed by atoms with E-state index >= 15 is 0 Å². The number of piperidine rings is 1. The summed E-state index contributed by atoms with van der Waals surface area (Å²) < 4.78 is 32.8. The summed E-state index contributed by atoms with van der Waals surface area (Å²) >= 11 is 0.918. The van der Waals surface area contributed by atoms with Crippen LogP contribution in [0.25, 0.3) is 0 Å². The van der Waals surface area contributed by atoms with Crippen LogP contribution in [0.1, 0.15) is 66.6 Å². The van der Waals surface area contributed by atoms with Gasteiger partial charge in [-0.25, -0.2) is 18.0 Å². The number of carbonyl (C=O) groups excluding carboxylic acids is 2. The number of sulfonamides is 1. The summed E-state index contributed by atoms with van der Waals surface area (Å²) in [7, 11) is -2.46. The number of amidine groups is 1. The summed E-state index contributed by atoms with van der Waals surface area (Å²) in [4.78, 5) is 25.2. The highest BCUT2D eigenvalue weighted by Crippen LogP contribution is 2.40. The molecular formula is C26H35N5O5S2. The van der Waals surface area contributed by atoms with E-state index in [-0.39, 0.29) is 26.9 Å². The second-order valence-corrected chi connectivity index (χ2v) is 13.2. The minimum Gasteiger partial charge on any atom is -0.465 e. The van der Waals surface area contributed by atoms with Gasteiger partial charge in [0.1, 0.15) is 14.9 Å². The summed E-state index contributed by atoms with van der Waals surface area (Å²) in [5.74, 6) is -0.488. The highest BCUT2D eigenvalue weighted by atomic mass is 32.2. The molecule has 206 valence electrons. The van der Waals surface area contributed by atoms with E-state index in [1.807, 2.05) is 0 Å². The van der Waals surface area contributed by atoms with Gasteiger partial charge < -0.3 is 21.1 Å². The van der Waals surface area contributed by atoms with Gasteiger partial charge in [-0.2, -0.15) is 4.31 Å². The molecule has 2 amide bonds. The van der Waals surface area contributed by atoms with Crippen LogP contribution in [0.15, 0.2) is 40.6 Å². The molecule has 0 unspecified atom stereocenters. The van der Waals surface area contributed by atoms with Crippen LogP contribution in [0.4, 0.5) is 10.5 Å². The number of esters is 1. The number of rotatable bonds is 7. The Labute approximate surface area is 227 Å². The molecule has 1 saturated carbocycles. The van der Waals surface area contributed by atoms with E-state index in [4.69, 9.17) is 15.9 Å². The first-order chi connectivity index (χ1) is 18.1. The van der Waals surface area contributed by atoms with Crippen molar-refractivity contribution in [1.29, 1.82) is 5.41 Å². The maximum absolute atomic E-state index is 13.3. The lowest BCUT2D eigenvalue weighted by atomic mass is 9.73. The Bertz CT molecular complexity index is 1280. The quantitative estimate of drug-likeness (QED) is 0.172. The van der Waals surface area contributed by atoms with Gasteiger partial charge in [0.2, 0.25) is 0 Å². The number of methoxy groups -OCH3 is 1. The van der Waals surface area contributed by atoms with Gasteiger partial charge in [-0.15, -0.1) is 11.3 Å². The van der Waals surface area contributed by atoms with Gasteiger partial charge in [-0.3, -0.25) is 5.41 Å². The predicted octanol–water partition coefficient (Wildman–Crippen LogP) is 4.13. The zero-order chi connectivity index (χ0) is 27.3. The van der Waals surface area contributed by atoms with Crippen molar-refractivity contribution in [3.8, 4) is 0 Å². The van der Waals surface area contributed by atoms with Crippen molar-refractivity contribution in [2.75, 3.05) is 25.5 Å². The van der Waals surface area contributed by atoms with Crippen molar-refractivity contribution in [3.63, 3.8) is 0 Å². The Hall–Kier alpha value is -2.96. The van der Waals surface area contributed by atoms with Crippen molar-refractivity contribution in [2.24, 2.45) is 11.7 Å². The molecule has 4 rings (SSSR count). The van der Waals surface area contributed by atoms with Crippen molar-refractivity contribution >= 4 is 44.9 Å². The standard InChI is InChI=1S/C26H35N5O5S2/c1-36-24(32)21-9-10-22(37-21)38(34,35)31-15-11-19(12-16-31)26(13-4-2-3-5-14-26)30-25(33)29-20-8-6-7-18(17-20)23(27)28/h6-10,17,19H,2-5,11-16H2,1H3,(H3,27,28)(H2,29,30,33). The van der Waals surface area contributed by atoms with E-state index in [2.05, 4.69) is 10.6 Å². The van der Waals surface area contributed by atoms with Crippen molar-refractivity contribution in [3.05, 3.63) is 46.8 Å². The molecule has 1 aliphatic carbocycles. The first kappa shape index (κ1) is 28.1. The summed E-state index contributed by atoms with van der Waals surface area (Å²) in [6.07, 6.45) is 7.19.